The van der Waals surface area contributed by atoms with Crippen molar-refractivity contribution in [3.05, 3.63) is 29.2 Å². The summed E-state index contributed by atoms with van der Waals surface area (Å²) in [6, 6.07) is 1.65. The van der Waals surface area contributed by atoms with E-state index in [0.29, 0.717) is 24.7 Å². The van der Waals surface area contributed by atoms with Gasteiger partial charge in [-0.3, -0.25) is 4.79 Å². The van der Waals surface area contributed by atoms with Crippen LogP contribution in [0.15, 0.2) is 10.6 Å². The molecule has 25 heavy (non-hydrogen) atoms. The number of amides is 1. The molecule has 0 saturated carbocycles. The van der Waals surface area contributed by atoms with Crippen LogP contribution in [-0.4, -0.2) is 39.2 Å². The van der Waals surface area contributed by atoms with Crippen molar-refractivity contribution in [2.75, 3.05) is 18.9 Å². The maximum atomic E-state index is 12.2. The molecule has 1 atom stereocenters. The lowest BCUT2D eigenvalue weighted by molar-refractivity contribution is 0.0835. The van der Waals surface area contributed by atoms with Crippen LogP contribution < -0.4 is 11.1 Å². The van der Waals surface area contributed by atoms with Gasteiger partial charge in [-0.05, 0) is 24.8 Å². The van der Waals surface area contributed by atoms with E-state index in [4.69, 9.17) is 15.0 Å². The van der Waals surface area contributed by atoms with Crippen molar-refractivity contribution in [2.45, 2.75) is 45.1 Å². The van der Waals surface area contributed by atoms with Crippen LogP contribution in [-0.2, 0) is 11.2 Å². The number of nitrogens with one attached hydrogen (secondary N) is 1. The normalized spacial score (nSPS) is 17.2. The molecule has 2 aromatic heterocycles. The zero-order valence-corrected chi connectivity index (χ0v) is 14.4. The van der Waals surface area contributed by atoms with Crippen LogP contribution in [0.2, 0.25) is 0 Å². The Labute approximate surface area is 145 Å². The number of carbonyl (C=O) groups excluding carboxylic acids is 1. The molecule has 0 radical (unpaired) electrons. The third kappa shape index (κ3) is 4.30. The summed E-state index contributed by atoms with van der Waals surface area (Å²) in [6.45, 7) is 5.04. The number of nitrogen functional groups attached to an aromatic ring is 1. The average Bonchev–Trinajstić information content (AvgIpc) is 3.25. The zero-order valence-electron chi connectivity index (χ0n) is 14.4. The van der Waals surface area contributed by atoms with E-state index in [1.54, 1.807) is 6.07 Å². The molecule has 1 fully saturated rings. The lowest BCUT2D eigenvalue weighted by Crippen LogP contribution is -2.27. The number of anilines is 1. The molecule has 3 N–H and O–H groups in total. The largest absolute Gasteiger partial charge is 0.368 e. The van der Waals surface area contributed by atoms with Crippen molar-refractivity contribution in [3.63, 3.8) is 0 Å². The third-order valence-corrected chi connectivity index (χ3v) is 3.91. The van der Waals surface area contributed by atoms with E-state index in [1.807, 2.05) is 13.8 Å². The molecule has 3 heterocycles. The summed E-state index contributed by atoms with van der Waals surface area (Å²) in [5, 5.41) is 6.70. The molecule has 1 unspecified atom stereocenters. The molecular formula is C16H22N6O3. The molecule has 0 aliphatic carbocycles. The van der Waals surface area contributed by atoms with Gasteiger partial charge in [0.2, 0.25) is 5.95 Å². The fourth-order valence-corrected chi connectivity index (χ4v) is 2.55. The Morgan fingerprint density at radius 1 is 1.40 bits per heavy atom. The quantitative estimate of drug-likeness (QED) is 0.802. The molecule has 9 nitrogen and oxygen atoms in total. The topological polar surface area (TPSA) is 129 Å². The Bertz CT molecular complexity index is 739. The Kier molecular flexibility index (Phi) is 5.22. The van der Waals surface area contributed by atoms with Gasteiger partial charge in [-0.15, -0.1) is 0 Å². The predicted octanol–water partition coefficient (Wildman–Crippen LogP) is 1.39. The van der Waals surface area contributed by atoms with E-state index in [1.165, 1.54) is 0 Å². The second-order valence-electron chi connectivity index (χ2n) is 6.25. The standard InChI is InChI=1S/C16H22N6O3/c1-9(2)10-8-11(20-16(17)19-10)14(23)18-6-5-13-21-15(25-22-13)12-4-3-7-24-12/h8-9,12H,3-7H2,1-2H3,(H,18,23)(H2,17,19,20). The maximum absolute atomic E-state index is 12.2. The van der Waals surface area contributed by atoms with Crippen LogP contribution >= 0.6 is 0 Å². The molecule has 2 aromatic rings. The fraction of sp³-hybridized carbons (Fsp3) is 0.562. The summed E-state index contributed by atoms with van der Waals surface area (Å²) in [6.07, 6.45) is 2.25. The number of hydrogen-bond acceptors (Lipinski definition) is 8. The van der Waals surface area contributed by atoms with Crippen LogP contribution in [0.1, 0.15) is 66.6 Å². The van der Waals surface area contributed by atoms with Crippen molar-refractivity contribution >= 4 is 11.9 Å². The van der Waals surface area contributed by atoms with Crippen LogP contribution in [0.3, 0.4) is 0 Å². The minimum absolute atomic E-state index is 0.0933. The van der Waals surface area contributed by atoms with Gasteiger partial charge >= 0.3 is 0 Å². The van der Waals surface area contributed by atoms with Crippen LogP contribution in [0.4, 0.5) is 5.95 Å². The van der Waals surface area contributed by atoms with Gasteiger partial charge in [0, 0.05) is 25.3 Å². The summed E-state index contributed by atoms with van der Waals surface area (Å²) >= 11 is 0. The summed E-state index contributed by atoms with van der Waals surface area (Å²) in [5.41, 5.74) is 6.66. The van der Waals surface area contributed by atoms with Gasteiger partial charge in [0.15, 0.2) is 5.82 Å². The van der Waals surface area contributed by atoms with Gasteiger partial charge in [0.1, 0.15) is 11.8 Å². The fourth-order valence-electron chi connectivity index (χ4n) is 2.55. The molecule has 0 aromatic carbocycles. The Balaban J connectivity index is 1.54. The molecular weight excluding hydrogens is 324 g/mol. The predicted molar refractivity (Wildman–Crippen MR) is 88.8 cm³/mol. The van der Waals surface area contributed by atoms with Crippen LogP contribution in [0.25, 0.3) is 0 Å². The molecule has 1 amide bonds. The van der Waals surface area contributed by atoms with Gasteiger partial charge in [-0.1, -0.05) is 19.0 Å². The first-order valence-electron chi connectivity index (χ1n) is 8.39. The van der Waals surface area contributed by atoms with E-state index in [0.717, 1.165) is 25.1 Å². The number of ether oxygens (including phenoxy) is 1. The number of rotatable bonds is 6. The lowest BCUT2D eigenvalue weighted by Gasteiger charge is -2.08. The number of carbonyl (C=O) groups is 1. The molecule has 0 spiro atoms. The Hall–Kier alpha value is -2.55. The highest BCUT2D eigenvalue weighted by atomic mass is 16.5. The van der Waals surface area contributed by atoms with Crippen molar-refractivity contribution in [1.29, 1.82) is 0 Å². The van der Waals surface area contributed by atoms with Gasteiger partial charge in [0.05, 0.1) is 0 Å². The highest BCUT2D eigenvalue weighted by Gasteiger charge is 2.23. The SMILES string of the molecule is CC(C)c1cc(C(=O)NCCc2noc(C3CCCO3)n2)nc(N)n1. The van der Waals surface area contributed by atoms with E-state index in [9.17, 15) is 4.79 Å². The first-order chi connectivity index (χ1) is 12.0. The number of nitrogens with zero attached hydrogens (tertiary/aromatic N) is 4. The number of aromatic nitrogens is 4. The molecule has 3 rings (SSSR count). The minimum Gasteiger partial charge on any atom is -0.368 e. The monoisotopic (exact) mass is 346 g/mol. The summed E-state index contributed by atoms with van der Waals surface area (Å²) in [4.78, 5) is 24.7. The first-order valence-corrected chi connectivity index (χ1v) is 8.39. The average molecular weight is 346 g/mol. The first kappa shape index (κ1) is 17.3. The van der Waals surface area contributed by atoms with Crippen molar-refractivity contribution in [2.24, 2.45) is 0 Å². The van der Waals surface area contributed by atoms with Crippen molar-refractivity contribution < 1.29 is 14.1 Å². The van der Waals surface area contributed by atoms with Gasteiger partial charge in [-0.2, -0.15) is 4.98 Å². The molecule has 1 aliphatic rings. The van der Waals surface area contributed by atoms with E-state index >= 15 is 0 Å². The minimum atomic E-state index is -0.307. The van der Waals surface area contributed by atoms with E-state index in [2.05, 4.69) is 25.4 Å². The summed E-state index contributed by atoms with van der Waals surface area (Å²) in [5.74, 6) is 0.988. The molecule has 1 saturated heterocycles. The molecule has 9 heteroatoms. The summed E-state index contributed by atoms with van der Waals surface area (Å²) in [7, 11) is 0. The highest BCUT2D eigenvalue weighted by Crippen LogP contribution is 2.26. The van der Waals surface area contributed by atoms with Gasteiger partial charge in [0.25, 0.3) is 11.8 Å². The van der Waals surface area contributed by atoms with Gasteiger partial charge in [-0.25, -0.2) is 9.97 Å². The molecule has 0 bridgehead atoms. The van der Waals surface area contributed by atoms with Crippen molar-refractivity contribution in [1.82, 2.24) is 25.4 Å². The second-order valence-corrected chi connectivity index (χ2v) is 6.25. The summed E-state index contributed by atoms with van der Waals surface area (Å²) < 4.78 is 10.7. The van der Waals surface area contributed by atoms with Crippen LogP contribution in [0, 0.1) is 0 Å². The number of nitrogens with two attached hydrogens (primary N) is 1. The third-order valence-electron chi connectivity index (χ3n) is 3.91. The highest BCUT2D eigenvalue weighted by molar-refractivity contribution is 5.92. The Morgan fingerprint density at radius 3 is 2.96 bits per heavy atom. The van der Waals surface area contributed by atoms with Crippen LogP contribution in [0.5, 0.6) is 0 Å². The zero-order chi connectivity index (χ0) is 17.8. The smallest absolute Gasteiger partial charge is 0.270 e. The molecule has 134 valence electrons. The molecule has 1 aliphatic heterocycles. The van der Waals surface area contributed by atoms with Crippen molar-refractivity contribution in [3.8, 4) is 0 Å². The van der Waals surface area contributed by atoms with Gasteiger partial charge < -0.3 is 20.3 Å². The number of hydrogen-bond donors (Lipinski definition) is 2. The van der Waals surface area contributed by atoms with E-state index < -0.39 is 0 Å². The second kappa shape index (κ2) is 7.56. The maximum Gasteiger partial charge on any atom is 0.270 e. The lowest BCUT2D eigenvalue weighted by atomic mass is 10.1. The van der Waals surface area contributed by atoms with E-state index in [-0.39, 0.29) is 29.6 Å². The Morgan fingerprint density at radius 2 is 2.24 bits per heavy atom.